The summed E-state index contributed by atoms with van der Waals surface area (Å²) in [6, 6.07) is 1.66. The molecular formula is C16H23F2N3O3. The molecule has 0 aliphatic heterocycles. The molecular weight excluding hydrogens is 320 g/mol. The number of nitrogens with one attached hydrogen (secondary N) is 2. The number of benzene rings is 1. The molecule has 1 aromatic carbocycles. The Morgan fingerprint density at radius 1 is 1.25 bits per heavy atom. The molecule has 0 radical (unpaired) electrons. The highest BCUT2D eigenvalue weighted by molar-refractivity contribution is 5.94. The van der Waals surface area contributed by atoms with Crippen molar-refractivity contribution in [1.82, 2.24) is 10.2 Å². The van der Waals surface area contributed by atoms with E-state index in [1.807, 2.05) is 13.8 Å². The molecule has 0 saturated carbocycles. The Kier molecular flexibility index (Phi) is 8.28. The predicted molar refractivity (Wildman–Crippen MR) is 86.8 cm³/mol. The van der Waals surface area contributed by atoms with E-state index in [0.717, 1.165) is 25.2 Å². The van der Waals surface area contributed by atoms with Crippen molar-refractivity contribution in [3.63, 3.8) is 0 Å². The summed E-state index contributed by atoms with van der Waals surface area (Å²) >= 11 is 0. The van der Waals surface area contributed by atoms with Crippen molar-refractivity contribution in [2.24, 2.45) is 0 Å². The molecule has 0 aliphatic carbocycles. The number of hydrogen-bond acceptors (Lipinski definition) is 4. The van der Waals surface area contributed by atoms with Crippen molar-refractivity contribution in [2.75, 3.05) is 31.5 Å². The number of hydrogen-bond donors (Lipinski definition) is 3. The average Bonchev–Trinajstić information content (AvgIpc) is 2.53. The molecule has 8 heteroatoms. The standard InChI is InChI=1S/C16H23F2N3O3/c1-3-21(4-2)8-7-19-14(16(23)24)10-15(22)20-13-6-5-11(17)9-12(13)18/h5-6,9,14,19H,3-4,7-8,10H2,1-2H3,(H,20,22)(H,23,24)/t14-/m0/s1. The third-order valence-corrected chi connectivity index (χ3v) is 3.61. The van der Waals surface area contributed by atoms with E-state index in [-0.39, 0.29) is 12.1 Å². The van der Waals surface area contributed by atoms with Crippen molar-refractivity contribution < 1.29 is 23.5 Å². The van der Waals surface area contributed by atoms with Crippen LogP contribution in [-0.4, -0.2) is 54.1 Å². The topological polar surface area (TPSA) is 81.7 Å². The fraction of sp³-hybridized carbons (Fsp3) is 0.500. The number of carbonyl (C=O) groups is 2. The van der Waals surface area contributed by atoms with Crippen LogP contribution in [0.3, 0.4) is 0 Å². The van der Waals surface area contributed by atoms with Gasteiger partial charge < -0.3 is 20.6 Å². The number of nitrogens with zero attached hydrogens (tertiary/aromatic N) is 1. The summed E-state index contributed by atoms with van der Waals surface area (Å²) in [6.07, 6.45) is -0.357. The van der Waals surface area contributed by atoms with E-state index in [4.69, 9.17) is 0 Å². The van der Waals surface area contributed by atoms with Crippen molar-refractivity contribution in [3.8, 4) is 0 Å². The van der Waals surface area contributed by atoms with Crippen LogP contribution >= 0.6 is 0 Å². The van der Waals surface area contributed by atoms with Gasteiger partial charge in [-0.15, -0.1) is 0 Å². The van der Waals surface area contributed by atoms with Crippen molar-refractivity contribution in [1.29, 1.82) is 0 Å². The smallest absolute Gasteiger partial charge is 0.321 e. The lowest BCUT2D eigenvalue weighted by atomic mass is 10.2. The molecule has 0 fully saturated rings. The van der Waals surface area contributed by atoms with E-state index in [0.29, 0.717) is 19.2 Å². The Balaban J connectivity index is 2.55. The molecule has 1 amide bonds. The first kappa shape index (κ1) is 20.0. The first-order valence-electron chi connectivity index (χ1n) is 7.80. The fourth-order valence-corrected chi connectivity index (χ4v) is 2.16. The van der Waals surface area contributed by atoms with Gasteiger partial charge in [-0.1, -0.05) is 13.8 Å². The Labute approximate surface area is 139 Å². The highest BCUT2D eigenvalue weighted by Gasteiger charge is 2.21. The molecule has 0 aromatic heterocycles. The van der Waals surface area contributed by atoms with Gasteiger partial charge in [0.15, 0.2) is 0 Å². The predicted octanol–water partition coefficient (Wildman–Crippen LogP) is 1.68. The average molecular weight is 343 g/mol. The van der Waals surface area contributed by atoms with Gasteiger partial charge in [0.25, 0.3) is 0 Å². The van der Waals surface area contributed by atoms with Crippen molar-refractivity contribution in [3.05, 3.63) is 29.8 Å². The second kappa shape index (κ2) is 9.94. The zero-order valence-corrected chi connectivity index (χ0v) is 13.8. The molecule has 0 unspecified atom stereocenters. The SMILES string of the molecule is CCN(CC)CCN[C@@H](CC(=O)Nc1ccc(F)cc1F)C(=O)O. The van der Waals surface area contributed by atoms with Crippen LogP contribution in [0.5, 0.6) is 0 Å². The van der Waals surface area contributed by atoms with Crippen LogP contribution < -0.4 is 10.6 Å². The molecule has 0 aliphatic rings. The van der Waals surface area contributed by atoms with Crippen LogP contribution in [0, 0.1) is 11.6 Å². The van der Waals surface area contributed by atoms with Crippen molar-refractivity contribution >= 4 is 17.6 Å². The molecule has 3 N–H and O–H groups in total. The van der Waals surface area contributed by atoms with E-state index < -0.39 is 29.6 Å². The lowest BCUT2D eigenvalue weighted by Gasteiger charge is -2.20. The zero-order valence-electron chi connectivity index (χ0n) is 13.8. The third-order valence-electron chi connectivity index (χ3n) is 3.61. The summed E-state index contributed by atoms with van der Waals surface area (Å²) in [5.41, 5.74) is -0.186. The third kappa shape index (κ3) is 6.59. The van der Waals surface area contributed by atoms with Gasteiger partial charge in [0.2, 0.25) is 5.91 Å². The number of halogens is 2. The van der Waals surface area contributed by atoms with Gasteiger partial charge in [-0.2, -0.15) is 0 Å². The van der Waals surface area contributed by atoms with Crippen LogP contribution in [-0.2, 0) is 9.59 Å². The van der Waals surface area contributed by atoms with Crippen LogP contribution in [0.2, 0.25) is 0 Å². The second-order valence-electron chi connectivity index (χ2n) is 5.25. The minimum absolute atomic E-state index is 0.186. The lowest BCUT2D eigenvalue weighted by Crippen LogP contribution is -2.43. The quantitative estimate of drug-likeness (QED) is 0.602. The molecule has 0 heterocycles. The summed E-state index contributed by atoms with van der Waals surface area (Å²) < 4.78 is 26.3. The van der Waals surface area contributed by atoms with Gasteiger partial charge in [0.1, 0.15) is 17.7 Å². The first-order chi connectivity index (χ1) is 11.4. The van der Waals surface area contributed by atoms with E-state index >= 15 is 0 Å². The minimum atomic E-state index is -1.16. The van der Waals surface area contributed by atoms with Crippen LogP contribution in [0.4, 0.5) is 14.5 Å². The number of carboxylic acids is 1. The second-order valence-corrected chi connectivity index (χ2v) is 5.25. The maximum Gasteiger partial charge on any atom is 0.321 e. The van der Waals surface area contributed by atoms with E-state index in [2.05, 4.69) is 15.5 Å². The molecule has 1 rings (SSSR count). The molecule has 24 heavy (non-hydrogen) atoms. The van der Waals surface area contributed by atoms with Gasteiger partial charge in [-0.3, -0.25) is 9.59 Å². The van der Waals surface area contributed by atoms with E-state index in [1.54, 1.807) is 0 Å². The number of aliphatic carboxylic acids is 1. The Morgan fingerprint density at radius 2 is 1.92 bits per heavy atom. The largest absolute Gasteiger partial charge is 0.480 e. The zero-order chi connectivity index (χ0) is 18.1. The Bertz CT molecular complexity index is 565. The van der Waals surface area contributed by atoms with Gasteiger partial charge in [-0.25, -0.2) is 8.78 Å². The number of carbonyl (C=O) groups excluding carboxylic acids is 1. The fourth-order valence-electron chi connectivity index (χ4n) is 2.16. The molecule has 0 bridgehead atoms. The monoisotopic (exact) mass is 343 g/mol. The molecule has 0 spiro atoms. The van der Waals surface area contributed by atoms with E-state index in [9.17, 15) is 23.5 Å². The number of amides is 1. The summed E-state index contributed by atoms with van der Waals surface area (Å²) in [7, 11) is 0. The van der Waals surface area contributed by atoms with Crippen molar-refractivity contribution in [2.45, 2.75) is 26.3 Å². The van der Waals surface area contributed by atoms with Gasteiger partial charge in [0, 0.05) is 19.2 Å². The molecule has 6 nitrogen and oxygen atoms in total. The Morgan fingerprint density at radius 3 is 2.46 bits per heavy atom. The van der Waals surface area contributed by atoms with Crippen LogP contribution in [0.25, 0.3) is 0 Å². The summed E-state index contributed by atoms with van der Waals surface area (Å²) in [5.74, 6) is -3.50. The molecule has 1 aromatic rings. The molecule has 0 saturated heterocycles. The number of anilines is 1. The van der Waals surface area contributed by atoms with Gasteiger partial charge >= 0.3 is 5.97 Å². The first-order valence-corrected chi connectivity index (χ1v) is 7.80. The highest BCUT2D eigenvalue weighted by Crippen LogP contribution is 2.15. The molecule has 1 atom stereocenters. The summed E-state index contributed by atoms with van der Waals surface area (Å²) in [4.78, 5) is 25.2. The lowest BCUT2D eigenvalue weighted by molar-refractivity contribution is -0.141. The normalized spacial score (nSPS) is 12.2. The van der Waals surface area contributed by atoms with E-state index in [1.165, 1.54) is 0 Å². The summed E-state index contributed by atoms with van der Waals surface area (Å²) in [6.45, 7) is 6.77. The van der Waals surface area contributed by atoms with Gasteiger partial charge in [0.05, 0.1) is 12.1 Å². The maximum absolute atomic E-state index is 13.5. The molecule has 134 valence electrons. The number of likely N-dealkylation sites (N-methyl/N-ethyl adjacent to an activating group) is 1. The Hall–Kier alpha value is -2.06. The summed E-state index contributed by atoms with van der Waals surface area (Å²) in [5, 5.41) is 14.2. The minimum Gasteiger partial charge on any atom is -0.480 e. The number of rotatable bonds is 10. The van der Waals surface area contributed by atoms with Crippen LogP contribution in [0.15, 0.2) is 18.2 Å². The highest BCUT2D eigenvalue weighted by atomic mass is 19.1. The maximum atomic E-state index is 13.5. The van der Waals surface area contributed by atoms with Crippen LogP contribution in [0.1, 0.15) is 20.3 Å². The number of carboxylic acid groups (broad SMARTS) is 1. The van der Waals surface area contributed by atoms with Gasteiger partial charge in [-0.05, 0) is 25.2 Å².